The normalized spacial score (nSPS) is 27.1. The van der Waals surface area contributed by atoms with Crippen LogP contribution in [0.1, 0.15) is 53.4 Å². The summed E-state index contributed by atoms with van der Waals surface area (Å²) in [4.78, 5) is 23.2. The molecular formula is C14H23NO3. The van der Waals surface area contributed by atoms with Gasteiger partial charge in [-0.05, 0) is 30.1 Å². The molecule has 1 amide bonds. The molecule has 0 spiro atoms. The van der Waals surface area contributed by atoms with Gasteiger partial charge < -0.3 is 10.4 Å². The van der Waals surface area contributed by atoms with Crippen molar-refractivity contribution in [1.29, 1.82) is 0 Å². The molecule has 2 saturated carbocycles. The summed E-state index contributed by atoms with van der Waals surface area (Å²) in [5.74, 6) is -0.800. The van der Waals surface area contributed by atoms with Crippen LogP contribution in [-0.2, 0) is 9.59 Å². The summed E-state index contributed by atoms with van der Waals surface area (Å²) in [7, 11) is 0. The van der Waals surface area contributed by atoms with E-state index in [1.54, 1.807) is 0 Å². The van der Waals surface area contributed by atoms with E-state index in [0.717, 1.165) is 19.3 Å². The molecule has 18 heavy (non-hydrogen) atoms. The zero-order chi connectivity index (χ0) is 13.8. The third-order valence-corrected chi connectivity index (χ3v) is 5.47. The van der Waals surface area contributed by atoms with Gasteiger partial charge in [0.2, 0.25) is 5.91 Å². The number of carbonyl (C=O) groups is 2. The van der Waals surface area contributed by atoms with Gasteiger partial charge in [-0.1, -0.05) is 27.7 Å². The van der Waals surface area contributed by atoms with Crippen molar-refractivity contribution >= 4 is 11.9 Å². The molecule has 0 aromatic rings. The van der Waals surface area contributed by atoms with Gasteiger partial charge in [0.1, 0.15) is 0 Å². The summed E-state index contributed by atoms with van der Waals surface area (Å²) in [6.07, 6.45) is 2.63. The highest BCUT2D eigenvalue weighted by atomic mass is 16.4. The minimum Gasteiger partial charge on any atom is -0.481 e. The van der Waals surface area contributed by atoms with Gasteiger partial charge in [-0.15, -0.1) is 0 Å². The second-order valence-electron chi connectivity index (χ2n) is 7.07. The second-order valence-corrected chi connectivity index (χ2v) is 7.07. The summed E-state index contributed by atoms with van der Waals surface area (Å²) in [5.41, 5.74) is -0.464. The highest BCUT2D eigenvalue weighted by molar-refractivity contribution is 5.85. The van der Waals surface area contributed by atoms with Crippen molar-refractivity contribution in [3.8, 4) is 0 Å². The standard InChI is InChI=1S/C14H23NO3/c1-12(2)10(13(12,3)4)11(18)15-14(6-5-7-14)8-9(16)17/h10H,5-8H2,1-4H3,(H,15,18)(H,16,17). The van der Waals surface area contributed by atoms with Crippen molar-refractivity contribution in [3.05, 3.63) is 0 Å². The zero-order valence-electron chi connectivity index (χ0n) is 11.7. The Morgan fingerprint density at radius 2 is 1.67 bits per heavy atom. The van der Waals surface area contributed by atoms with E-state index in [1.165, 1.54) is 0 Å². The van der Waals surface area contributed by atoms with Crippen LogP contribution in [0.2, 0.25) is 0 Å². The first-order valence-electron chi connectivity index (χ1n) is 6.66. The molecule has 0 heterocycles. The van der Waals surface area contributed by atoms with E-state index in [0.29, 0.717) is 0 Å². The van der Waals surface area contributed by atoms with E-state index < -0.39 is 11.5 Å². The molecule has 0 unspecified atom stereocenters. The maximum atomic E-state index is 12.3. The fraction of sp³-hybridized carbons (Fsp3) is 0.857. The van der Waals surface area contributed by atoms with E-state index in [2.05, 4.69) is 33.0 Å². The molecule has 0 bridgehead atoms. The van der Waals surface area contributed by atoms with E-state index in [1.807, 2.05) is 0 Å². The van der Waals surface area contributed by atoms with Crippen LogP contribution in [0.3, 0.4) is 0 Å². The number of carboxylic acids is 1. The SMILES string of the molecule is CC1(C)C(C(=O)NC2(CC(=O)O)CCC2)C1(C)C. The first-order chi connectivity index (χ1) is 8.12. The third kappa shape index (κ3) is 1.82. The van der Waals surface area contributed by atoms with Crippen LogP contribution >= 0.6 is 0 Å². The molecule has 4 heteroatoms. The van der Waals surface area contributed by atoms with Crippen LogP contribution in [0.4, 0.5) is 0 Å². The number of rotatable bonds is 4. The Hall–Kier alpha value is -1.06. The summed E-state index contributed by atoms with van der Waals surface area (Å²) in [6, 6.07) is 0. The molecule has 2 aliphatic carbocycles. The third-order valence-electron chi connectivity index (χ3n) is 5.47. The number of carboxylic acid groups (broad SMARTS) is 1. The van der Waals surface area contributed by atoms with Crippen LogP contribution in [0.15, 0.2) is 0 Å². The minimum absolute atomic E-state index is 0.00345. The van der Waals surface area contributed by atoms with Crippen molar-refractivity contribution in [3.63, 3.8) is 0 Å². The highest BCUT2D eigenvalue weighted by Crippen LogP contribution is 2.68. The zero-order valence-corrected chi connectivity index (χ0v) is 11.7. The predicted octanol–water partition coefficient (Wildman–Crippen LogP) is 2.18. The first-order valence-corrected chi connectivity index (χ1v) is 6.66. The highest BCUT2D eigenvalue weighted by Gasteiger charge is 2.68. The van der Waals surface area contributed by atoms with Crippen LogP contribution in [0, 0.1) is 16.7 Å². The first kappa shape index (κ1) is 13.4. The van der Waals surface area contributed by atoms with Crippen molar-refractivity contribution < 1.29 is 14.7 Å². The fourth-order valence-electron chi connectivity index (χ4n) is 3.42. The van der Waals surface area contributed by atoms with E-state index >= 15 is 0 Å². The van der Waals surface area contributed by atoms with Gasteiger partial charge in [-0.2, -0.15) is 0 Å². The Kier molecular flexibility index (Phi) is 2.76. The van der Waals surface area contributed by atoms with Crippen molar-refractivity contribution in [2.45, 2.75) is 58.9 Å². The van der Waals surface area contributed by atoms with Crippen LogP contribution in [0.5, 0.6) is 0 Å². The maximum absolute atomic E-state index is 12.3. The van der Waals surface area contributed by atoms with Crippen LogP contribution in [-0.4, -0.2) is 22.5 Å². The van der Waals surface area contributed by atoms with Gasteiger partial charge in [0.15, 0.2) is 0 Å². The minimum atomic E-state index is -0.829. The molecule has 0 aromatic heterocycles. The molecular weight excluding hydrogens is 230 g/mol. The molecule has 0 saturated heterocycles. The molecule has 2 fully saturated rings. The predicted molar refractivity (Wildman–Crippen MR) is 68.0 cm³/mol. The van der Waals surface area contributed by atoms with E-state index in [-0.39, 0.29) is 29.1 Å². The molecule has 0 aliphatic heterocycles. The van der Waals surface area contributed by atoms with Gasteiger partial charge >= 0.3 is 5.97 Å². The van der Waals surface area contributed by atoms with Crippen LogP contribution in [0.25, 0.3) is 0 Å². The quantitative estimate of drug-likeness (QED) is 0.807. The van der Waals surface area contributed by atoms with Crippen LogP contribution < -0.4 is 5.32 Å². The van der Waals surface area contributed by atoms with E-state index in [4.69, 9.17) is 5.11 Å². The van der Waals surface area contributed by atoms with Gasteiger partial charge in [0.25, 0.3) is 0 Å². The number of aliphatic carboxylic acids is 1. The topological polar surface area (TPSA) is 66.4 Å². The summed E-state index contributed by atoms with van der Waals surface area (Å²) in [6.45, 7) is 8.40. The van der Waals surface area contributed by atoms with Crippen molar-refractivity contribution in [2.75, 3.05) is 0 Å². The Bertz CT molecular complexity index is 380. The largest absolute Gasteiger partial charge is 0.481 e. The number of carbonyl (C=O) groups excluding carboxylic acids is 1. The van der Waals surface area contributed by atoms with Gasteiger partial charge in [-0.25, -0.2) is 0 Å². The lowest BCUT2D eigenvalue weighted by molar-refractivity contribution is -0.140. The van der Waals surface area contributed by atoms with Gasteiger partial charge in [0, 0.05) is 5.92 Å². The van der Waals surface area contributed by atoms with Crippen molar-refractivity contribution in [2.24, 2.45) is 16.7 Å². The molecule has 102 valence electrons. The summed E-state index contributed by atoms with van der Waals surface area (Å²) in [5, 5.41) is 11.9. The van der Waals surface area contributed by atoms with E-state index in [9.17, 15) is 9.59 Å². The average molecular weight is 253 g/mol. The molecule has 0 atom stereocenters. The second kappa shape index (κ2) is 3.72. The van der Waals surface area contributed by atoms with Gasteiger partial charge in [-0.3, -0.25) is 9.59 Å². The Morgan fingerprint density at radius 1 is 1.17 bits per heavy atom. The average Bonchev–Trinajstić information content (AvgIpc) is 2.52. The molecule has 4 nitrogen and oxygen atoms in total. The number of nitrogens with one attached hydrogen (secondary N) is 1. The lowest BCUT2D eigenvalue weighted by atomic mass is 9.74. The van der Waals surface area contributed by atoms with Crippen molar-refractivity contribution in [1.82, 2.24) is 5.32 Å². The number of amides is 1. The maximum Gasteiger partial charge on any atom is 0.305 e. The summed E-state index contributed by atoms with van der Waals surface area (Å²) >= 11 is 0. The Labute approximate surface area is 108 Å². The lowest BCUT2D eigenvalue weighted by Crippen LogP contribution is -2.55. The summed E-state index contributed by atoms with van der Waals surface area (Å²) < 4.78 is 0. The van der Waals surface area contributed by atoms with Gasteiger partial charge in [0.05, 0.1) is 12.0 Å². The molecule has 2 rings (SSSR count). The molecule has 0 aromatic carbocycles. The monoisotopic (exact) mass is 253 g/mol. The lowest BCUT2D eigenvalue weighted by Gasteiger charge is -2.41. The Morgan fingerprint density at radius 3 is 1.94 bits per heavy atom. The fourth-order valence-corrected chi connectivity index (χ4v) is 3.42. The number of hydrogen-bond acceptors (Lipinski definition) is 2. The molecule has 0 radical (unpaired) electrons. The molecule has 2 aliphatic rings. The smallest absolute Gasteiger partial charge is 0.305 e. The number of hydrogen-bond donors (Lipinski definition) is 2. The molecule has 2 N–H and O–H groups in total. The Balaban J connectivity index is 2.02.